The van der Waals surface area contributed by atoms with E-state index in [0.29, 0.717) is 22.7 Å². The molecule has 1 saturated heterocycles. The zero-order chi connectivity index (χ0) is 34.4. The number of aromatic nitrogens is 4. The summed E-state index contributed by atoms with van der Waals surface area (Å²) in [7, 11) is 1.58. The number of nitrogens with one attached hydrogen (secondary N) is 2. The van der Waals surface area contributed by atoms with Gasteiger partial charge in [-0.05, 0) is 48.8 Å². The van der Waals surface area contributed by atoms with Crippen LogP contribution in [0.15, 0.2) is 54.2 Å². The smallest absolute Gasteiger partial charge is 0.417 e. The maximum Gasteiger partial charge on any atom is 0.417 e. The fourth-order valence-corrected chi connectivity index (χ4v) is 6.30. The Hall–Kier alpha value is -5.11. The maximum atomic E-state index is 15.2. The summed E-state index contributed by atoms with van der Waals surface area (Å²) < 4.78 is 41.4. The number of imide groups is 1. The Labute approximate surface area is 277 Å². The number of H-pyrrole nitrogens is 1. The van der Waals surface area contributed by atoms with E-state index in [0.717, 1.165) is 28.7 Å². The highest BCUT2D eigenvalue weighted by Gasteiger charge is 2.44. The molecule has 2 aromatic heterocycles. The third-order valence-corrected chi connectivity index (χ3v) is 8.99. The number of amides is 2. The van der Waals surface area contributed by atoms with Crippen LogP contribution < -0.4 is 10.00 Å². The van der Waals surface area contributed by atoms with Crippen molar-refractivity contribution in [3.63, 3.8) is 0 Å². The molecule has 5 rings (SSSR count). The van der Waals surface area contributed by atoms with Gasteiger partial charge in [0.1, 0.15) is 30.4 Å². The Morgan fingerprint density at radius 3 is 2.77 bits per heavy atom. The minimum absolute atomic E-state index is 0.0210. The average molecular weight is 681 g/mol. The highest BCUT2D eigenvalue weighted by atomic mass is 32.1. The second-order valence-electron chi connectivity index (χ2n) is 11.2. The standard InChI is InChI=1S/C32H31F2N7O6S/c1-19(30-38-26(16-48-30)21-5-3-20(12-35)4-6-21)32(45,24-11-22(33)7-9-25(24)34)17-40-18-37-27(39-40)15-47-31(44)41-23(8-10-28(41)42)14-46-29(43)13-36-2/h3-7,9,11,16,18-19,23,36,45H,8,10,13-15,17H2,1-2H3/p+1/t19-,23?,32+/m0/s1. The van der Waals surface area contributed by atoms with Crippen molar-refractivity contribution in [3.8, 4) is 17.3 Å². The van der Waals surface area contributed by atoms with Gasteiger partial charge in [0.25, 0.3) is 5.82 Å². The number of ether oxygens (including phenoxy) is 2. The van der Waals surface area contributed by atoms with Crippen LogP contribution in [0.5, 0.6) is 0 Å². The number of halogens is 2. The van der Waals surface area contributed by atoms with E-state index >= 15 is 4.39 Å². The first-order valence-corrected chi connectivity index (χ1v) is 15.8. The molecule has 1 aliphatic rings. The molecule has 1 aliphatic heterocycles. The first kappa shape index (κ1) is 34.2. The highest BCUT2D eigenvalue weighted by Crippen LogP contribution is 2.41. The number of hydrogen-bond donors (Lipinski definition) is 3. The third kappa shape index (κ3) is 7.54. The lowest BCUT2D eigenvalue weighted by Gasteiger charge is -2.32. The van der Waals surface area contributed by atoms with E-state index in [2.05, 4.69) is 26.5 Å². The number of aromatic amines is 1. The molecule has 0 saturated carbocycles. The molecule has 4 aromatic rings. The number of rotatable bonds is 12. The quantitative estimate of drug-likeness (QED) is 0.149. The lowest BCUT2D eigenvalue weighted by molar-refractivity contribution is -0.765. The van der Waals surface area contributed by atoms with Crippen molar-refractivity contribution < 1.29 is 42.4 Å². The summed E-state index contributed by atoms with van der Waals surface area (Å²) in [4.78, 5) is 46.7. The predicted octanol–water partition coefficient (Wildman–Crippen LogP) is 3.05. The molecule has 2 aromatic carbocycles. The molecule has 1 fully saturated rings. The summed E-state index contributed by atoms with van der Waals surface area (Å²) in [6.07, 6.45) is 0.755. The Morgan fingerprint density at radius 1 is 1.27 bits per heavy atom. The van der Waals surface area contributed by atoms with Crippen molar-refractivity contribution in [2.75, 3.05) is 20.2 Å². The van der Waals surface area contributed by atoms with Crippen LogP contribution in [0.3, 0.4) is 0 Å². The van der Waals surface area contributed by atoms with Gasteiger partial charge in [-0.3, -0.25) is 9.59 Å². The van der Waals surface area contributed by atoms with E-state index in [4.69, 9.17) is 14.7 Å². The summed E-state index contributed by atoms with van der Waals surface area (Å²) in [5.74, 6) is -3.29. The molecule has 0 spiro atoms. The molecule has 0 bridgehead atoms. The van der Waals surface area contributed by atoms with Gasteiger partial charge in [-0.2, -0.15) is 15.0 Å². The van der Waals surface area contributed by atoms with Gasteiger partial charge < -0.3 is 19.9 Å². The van der Waals surface area contributed by atoms with Gasteiger partial charge in [0, 0.05) is 28.8 Å². The number of hydrogen-bond acceptors (Lipinski definition) is 11. The SMILES string of the molecule is CNCC(=O)OCC1CCC(=O)N1C(=O)OCc1nc[n+](C[C@](O)(c2cc(F)ccc2F)[C@@H](C)c2nc(-c3ccc(C#N)cc3)cs2)[nH]1. The Morgan fingerprint density at radius 2 is 2.04 bits per heavy atom. The van der Waals surface area contributed by atoms with Crippen LogP contribution in [0.4, 0.5) is 13.6 Å². The van der Waals surface area contributed by atoms with Crippen molar-refractivity contribution in [2.24, 2.45) is 0 Å². The Bertz CT molecular complexity index is 1840. The maximum absolute atomic E-state index is 15.2. The molecule has 3 heterocycles. The van der Waals surface area contributed by atoms with Gasteiger partial charge >= 0.3 is 18.4 Å². The number of carbonyl (C=O) groups excluding carboxylic acids is 3. The van der Waals surface area contributed by atoms with E-state index in [1.165, 1.54) is 22.3 Å². The van der Waals surface area contributed by atoms with E-state index < -0.39 is 47.2 Å². The van der Waals surface area contributed by atoms with E-state index in [1.807, 2.05) is 0 Å². The monoisotopic (exact) mass is 680 g/mol. The number of thiazole rings is 1. The topological polar surface area (TPSA) is 174 Å². The van der Waals surface area contributed by atoms with Gasteiger partial charge in [0.15, 0.2) is 6.61 Å². The number of carbonyl (C=O) groups is 3. The van der Waals surface area contributed by atoms with E-state index in [9.17, 15) is 23.9 Å². The fraction of sp³-hybridized carbons (Fsp3) is 0.344. The molecule has 2 amide bonds. The molecule has 1 unspecified atom stereocenters. The molecule has 0 aliphatic carbocycles. The fourth-order valence-electron chi connectivity index (χ4n) is 5.33. The Balaban J connectivity index is 1.32. The van der Waals surface area contributed by atoms with Crippen molar-refractivity contribution >= 4 is 29.3 Å². The van der Waals surface area contributed by atoms with Crippen molar-refractivity contribution in [3.05, 3.63) is 87.8 Å². The summed E-state index contributed by atoms with van der Waals surface area (Å²) in [6.45, 7) is 0.748. The predicted molar refractivity (Wildman–Crippen MR) is 165 cm³/mol. The van der Waals surface area contributed by atoms with Crippen molar-refractivity contribution in [1.29, 1.82) is 5.26 Å². The van der Waals surface area contributed by atoms with Crippen molar-refractivity contribution in [1.82, 2.24) is 25.3 Å². The molecular weight excluding hydrogens is 648 g/mol. The van der Waals surface area contributed by atoms with Crippen LogP contribution in [0.2, 0.25) is 0 Å². The minimum atomic E-state index is -2.04. The molecule has 3 atom stereocenters. The number of nitrogens with zero attached hydrogens (tertiary/aromatic N) is 5. The minimum Gasteiger partial charge on any atom is -0.463 e. The second kappa shape index (κ2) is 14.8. The number of likely N-dealkylation sites (tertiary alicyclic amines) is 1. The number of esters is 1. The summed E-state index contributed by atoms with van der Waals surface area (Å²) in [5, 5.41) is 29.0. The van der Waals surface area contributed by atoms with Gasteiger partial charge in [-0.25, -0.2) is 23.5 Å². The normalized spacial score (nSPS) is 16.3. The van der Waals surface area contributed by atoms with Crippen LogP contribution in [0, 0.1) is 23.0 Å². The van der Waals surface area contributed by atoms with E-state index in [-0.39, 0.29) is 44.1 Å². The van der Waals surface area contributed by atoms with Crippen LogP contribution >= 0.6 is 11.3 Å². The zero-order valence-corrected chi connectivity index (χ0v) is 26.8. The molecule has 48 heavy (non-hydrogen) atoms. The number of aliphatic hydroxyl groups is 1. The van der Waals surface area contributed by atoms with Gasteiger partial charge in [0.05, 0.1) is 34.9 Å². The lowest BCUT2D eigenvalue weighted by atomic mass is 9.82. The number of benzene rings is 2. The average Bonchev–Trinajstić information content (AvgIpc) is 3.84. The lowest BCUT2D eigenvalue weighted by Crippen LogP contribution is -2.50. The van der Waals surface area contributed by atoms with Gasteiger partial charge in [0.2, 0.25) is 5.91 Å². The molecular formula is C32H32F2N7O6S+. The van der Waals surface area contributed by atoms with Crippen LogP contribution in [-0.4, -0.2) is 69.3 Å². The van der Waals surface area contributed by atoms with Crippen LogP contribution in [0.1, 0.15) is 47.6 Å². The largest absolute Gasteiger partial charge is 0.463 e. The third-order valence-electron chi connectivity index (χ3n) is 7.96. The first-order valence-electron chi connectivity index (χ1n) is 14.9. The molecule has 16 heteroatoms. The molecule has 250 valence electrons. The first-order chi connectivity index (χ1) is 23.0. The summed E-state index contributed by atoms with van der Waals surface area (Å²) >= 11 is 1.23. The highest BCUT2D eigenvalue weighted by molar-refractivity contribution is 7.10. The van der Waals surface area contributed by atoms with E-state index in [1.54, 1.807) is 43.6 Å². The molecule has 3 N–H and O–H groups in total. The Kier molecular flexibility index (Phi) is 10.5. The zero-order valence-electron chi connectivity index (χ0n) is 26.0. The van der Waals surface area contributed by atoms with Gasteiger partial charge in [-0.15, -0.1) is 11.3 Å². The molecule has 0 radical (unpaired) electrons. The second-order valence-corrected chi connectivity index (χ2v) is 12.1. The number of nitriles is 1. The molecule has 13 nitrogen and oxygen atoms in total. The van der Waals surface area contributed by atoms with Crippen molar-refractivity contribution in [2.45, 2.75) is 50.5 Å². The summed E-state index contributed by atoms with van der Waals surface area (Å²) in [6, 6.07) is 11.0. The van der Waals surface area contributed by atoms with Crippen LogP contribution in [0.25, 0.3) is 11.3 Å². The van der Waals surface area contributed by atoms with Gasteiger partial charge in [-0.1, -0.05) is 19.1 Å². The summed E-state index contributed by atoms with van der Waals surface area (Å²) in [5.41, 5.74) is -0.531. The number of likely N-dealkylation sites (N-methyl/N-ethyl adjacent to an activating group) is 1. The van der Waals surface area contributed by atoms with Crippen LogP contribution in [-0.2, 0) is 37.8 Å².